The predicted octanol–water partition coefficient (Wildman–Crippen LogP) is 4.37. The van der Waals surface area contributed by atoms with Crippen molar-refractivity contribution in [1.29, 1.82) is 0 Å². The molecule has 0 saturated carbocycles. The van der Waals surface area contributed by atoms with E-state index >= 15 is 0 Å². The van der Waals surface area contributed by atoms with Crippen molar-refractivity contribution in [1.82, 2.24) is 25.5 Å². The molecule has 0 aliphatic carbocycles. The van der Waals surface area contributed by atoms with Crippen LogP contribution in [0.5, 0.6) is 5.75 Å². The lowest BCUT2D eigenvalue weighted by atomic mass is 9.98. The van der Waals surface area contributed by atoms with Gasteiger partial charge in [-0.25, -0.2) is 0 Å². The number of hydrogen-bond donors (Lipinski definition) is 1. The van der Waals surface area contributed by atoms with Gasteiger partial charge in [-0.05, 0) is 53.1 Å². The van der Waals surface area contributed by atoms with E-state index in [0.717, 1.165) is 22.4 Å². The van der Waals surface area contributed by atoms with Crippen LogP contribution in [0.1, 0.15) is 29.7 Å². The standard InChI is InChI=1S/C25H25N5O2S/c1-17-14-15-22(32-3)21(16-17)30-25(27-28-29-30)33-18(2)24(31)26-23(19-10-6-4-7-11-19)20-12-8-5-9-13-20/h4-16,18,23H,1-3H3,(H,26,31). The Bertz CT molecular complexity index is 1170. The predicted molar refractivity (Wildman–Crippen MR) is 129 cm³/mol. The molecule has 0 bridgehead atoms. The molecule has 0 saturated heterocycles. The molecule has 168 valence electrons. The summed E-state index contributed by atoms with van der Waals surface area (Å²) in [5, 5.41) is 15.4. The van der Waals surface area contributed by atoms with Crippen molar-refractivity contribution in [2.24, 2.45) is 0 Å². The maximum atomic E-state index is 13.2. The highest BCUT2D eigenvalue weighted by Crippen LogP contribution is 2.29. The third kappa shape index (κ3) is 5.23. The molecule has 0 aliphatic heterocycles. The normalized spacial score (nSPS) is 11.9. The molecular formula is C25H25N5O2S. The second-order valence-corrected chi connectivity index (χ2v) is 8.88. The third-order valence-electron chi connectivity index (χ3n) is 5.21. The summed E-state index contributed by atoms with van der Waals surface area (Å²) in [6.07, 6.45) is 0. The molecule has 4 aromatic rings. The Morgan fingerprint density at radius 2 is 1.64 bits per heavy atom. The largest absolute Gasteiger partial charge is 0.494 e. The highest BCUT2D eigenvalue weighted by atomic mass is 32.2. The maximum Gasteiger partial charge on any atom is 0.234 e. The molecule has 1 aromatic heterocycles. The fourth-order valence-electron chi connectivity index (χ4n) is 3.49. The number of aryl methyl sites for hydroxylation is 1. The van der Waals surface area contributed by atoms with Gasteiger partial charge in [-0.1, -0.05) is 78.5 Å². The fourth-order valence-corrected chi connectivity index (χ4v) is 4.30. The lowest BCUT2D eigenvalue weighted by molar-refractivity contribution is -0.120. The number of methoxy groups -OCH3 is 1. The van der Waals surface area contributed by atoms with Crippen LogP contribution in [0.2, 0.25) is 0 Å². The molecule has 1 unspecified atom stereocenters. The summed E-state index contributed by atoms with van der Waals surface area (Å²) in [5.41, 5.74) is 3.81. The van der Waals surface area contributed by atoms with Crippen molar-refractivity contribution in [3.8, 4) is 11.4 Å². The van der Waals surface area contributed by atoms with Gasteiger partial charge >= 0.3 is 0 Å². The van der Waals surface area contributed by atoms with Crippen LogP contribution in [-0.4, -0.2) is 38.5 Å². The molecule has 1 atom stereocenters. The number of amides is 1. The summed E-state index contributed by atoms with van der Waals surface area (Å²) in [6, 6.07) is 25.4. The second kappa shape index (κ2) is 10.3. The maximum absolute atomic E-state index is 13.2. The van der Waals surface area contributed by atoms with Gasteiger partial charge in [0, 0.05) is 0 Å². The van der Waals surface area contributed by atoms with E-state index in [9.17, 15) is 4.79 Å². The number of aromatic nitrogens is 4. The molecule has 3 aromatic carbocycles. The first-order chi connectivity index (χ1) is 16.1. The van der Waals surface area contributed by atoms with Crippen LogP contribution in [0.15, 0.2) is 84.0 Å². The van der Waals surface area contributed by atoms with Crippen molar-refractivity contribution in [2.45, 2.75) is 30.3 Å². The van der Waals surface area contributed by atoms with E-state index < -0.39 is 5.25 Å². The van der Waals surface area contributed by atoms with Crippen LogP contribution in [0.25, 0.3) is 5.69 Å². The molecule has 1 heterocycles. The van der Waals surface area contributed by atoms with E-state index in [0.29, 0.717) is 10.9 Å². The van der Waals surface area contributed by atoms with Gasteiger partial charge in [0.2, 0.25) is 11.1 Å². The monoisotopic (exact) mass is 459 g/mol. The van der Waals surface area contributed by atoms with E-state index in [4.69, 9.17) is 4.74 Å². The number of thioether (sulfide) groups is 1. The average Bonchev–Trinajstić information content (AvgIpc) is 3.31. The Labute approximate surface area is 197 Å². The van der Waals surface area contributed by atoms with Crippen LogP contribution in [-0.2, 0) is 4.79 Å². The Kier molecular flexibility index (Phi) is 7.04. The molecule has 0 spiro atoms. The smallest absolute Gasteiger partial charge is 0.234 e. The van der Waals surface area contributed by atoms with Crippen LogP contribution in [0, 0.1) is 6.92 Å². The van der Waals surface area contributed by atoms with Crippen molar-refractivity contribution in [3.05, 3.63) is 95.6 Å². The van der Waals surface area contributed by atoms with Crippen molar-refractivity contribution in [3.63, 3.8) is 0 Å². The molecule has 0 radical (unpaired) electrons. The summed E-state index contributed by atoms with van der Waals surface area (Å²) < 4.78 is 7.08. The first kappa shape index (κ1) is 22.5. The average molecular weight is 460 g/mol. The van der Waals surface area contributed by atoms with Gasteiger partial charge in [-0.15, -0.1) is 5.10 Å². The number of nitrogens with zero attached hydrogens (tertiary/aromatic N) is 4. The van der Waals surface area contributed by atoms with Gasteiger partial charge < -0.3 is 10.1 Å². The third-order valence-corrected chi connectivity index (χ3v) is 6.24. The van der Waals surface area contributed by atoms with Gasteiger partial charge in [-0.2, -0.15) is 4.68 Å². The highest BCUT2D eigenvalue weighted by Gasteiger charge is 2.24. The molecule has 0 fully saturated rings. The molecule has 7 nitrogen and oxygen atoms in total. The Morgan fingerprint density at radius 3 is 2.24 bits per heavy atom. The van der Waals surface area contributed by atoms with Crippen LogP contribution >= 0.6 is 11.8 Å². The second-order valence-electron chi connectivity index (χ2n) is 7.57. The summed E-state index contributed by atoms with van der Waals surface area (Å²) in [4.78, 5) is 13.2. The van der Waals surface area contributed by atoms with E-state index in [1.807, 2.05) is 92.7 Å². The number of carbonyl (C=O) groups excluding carboxylic acids is 1. The van der Waals surface area contributed by atoms with Gasteiger partial charge in [0.15, 0.2) is 0 Å². The molecule has 4 rings (SSSR count). The molecular weight excluding hydrogens is 434 g/mol. The zero-order chi connectivity index (χ0) is 23.2. The number of benzene rings is 3. The summed E-state index contributed by atoms with van der Waals surface area (Å²) >= 11 is 1.30. The van der Waals surface area contributed by atoms with Crippen LogP contribution in [0.4, 0.5) is 0 Å². The van der Waals surface area contributed by atoms with Crippen molar-refractivity contribution in [2.75, 3.05) is 7.11 Å². The number of carbonyl (C=O) groups is 1. The van der Waals surface area contributed by atoms with Gasteiger partial charge in [0.05, 0.1) is 18.4 Å². The SMILES string of the molecule is COc1ccc(C)cc1-n1nnnc1SC(C)C(=O)NC(c1ccccc1)c1ccccc1. The van der Waals surface area contributed by atoms with Gasteiger partial charge in [-0.3, -0.25) is 4.79 Å². The topological polar surface area (TPSA) is 81.9 Å². The first-order valence-corrected chi connectivity index (χ1v) is 11.4. The molecule has 33 heavy (non-hydrogen) atoms. The summed E-state index contributed by atoms with van der Waals surface area (Å²) in [5.74, 6) is 0.545. The number of rotatable bonds is 8. The Balaban J connectivity index is 1.55. The minimum absolute atomic E-state index is 0.108. The highest BCUT2D eigenvalue weighted by molar-refractivity contribution is 8.00. The van der Waals surface area contributed by atoms with Crippen LogP contribution < -0.4 is 10.1 Å². The zero-order valence-corrected chi connectivity index (χ0v) is 19.5. The molecule has 8 heteroatoms. The van der Waals surface area contributed by atoms with E-state index in [2.05, 4.69) is 20.8 Å². The zero-order valence-electron chi connectivity index (χ0n) is 18.7. The Morgan fingerprint density at radius 1 is 1.00 bits per heavy atom. The van der Waals surface area contributed by atoms with Crippen LogP contribution in [0.3, 0.4) is 0 Å². The van der Waals surface area contributed by atoms with Crippen molar-refractivity contribution < 1.29 is 9.53 Å². The number of tetrazole rings is 1. The number of hydrogen-bond acceptors (Lipinski definition) is 6. The van der Waals surface area contributed by atoms with Gasteiger partial charge in [0.1, 0.15) is 11.4 Å². The lowest BCUT2D eigenvalue weighted by Crippen LogP contribution is -2.35. The quantitative estimate of drug-likeness (QED) is 0.394. The summed E-state index contributed by atoms with van der Waals surface area (Å²) in [7, 11) is 1.61. The summed E-state index contributed by atoms with van der Waals surface area (Å²) in [6.45, 7) is 3.84. The van der Waals surface area contributed by atoms with E-state index in [1.165, 1.54) is 11.8 Å². The van der Waals surface area contributed by atoms with Gasteiger partial charge in [0.25, 0.3) is 0 Å². The minimum atomic E-state index is -0.430. The van der Waals surface area contributed by atoms with Crippen molar-refractivity contribution >= 4 is 17.7 Å². The molecule has 1 amide bonds. The number of ether oxygens (including phenoxy) is 1. The van der Waals surface area contributed by atoms with E-state index in [1.54, 1.807) is 11.8 Å². The fraction of sp³-hybridized carbons (Fsp3) is 0.200. The lowest BCUT2D eigenvalue weighted by Gasteiger charge is -2.22. The Hall–Kier alpha value is -3.65. The number of nitrogens with one attached hydrogen (secondary N) is 1. The minimum Gasteiger partial charge on any atom is -0.494 e. The van der Waals surface area contributed by atoms with E-state index in [-0.39, 0.29) is 11.9 Å². The first-order valence-electron chi connectivity index (χ1n) is 10.6. The molecule has 0 aliphatic rings. The molecule has 1 N–H and O–H groups in total.